The molecule has 0 bridgehead atoms. The number of hydrogen-bond donors (Lipinski definition) is 3. The van der Waals surface area contributed by atoms with Gasteiger partial charge in [0.05, 0.1) is 28.0 Å². The van der Waals surface area contributed by atoms with Crippen LogP contribution in [-0.2, 0) is 11.3 Å². The first kappa shape index (κ1) is 20.3. The Hall–Kier alpha value is -3.56. The zero-order chi connectivity index (χ0) is 22.2. The number of halogens is 1. The summed E-state index contributed by atoms with van der Waals surface area (Å²) in [6.45, 7) is 1.51. The first-order valence-electron chi connectivity index (χ1n) is 9.81. The first-order chi connectivity index (χ1) is 15.5. The fourth-order valence-electron chi connectivity index (χ4n) is 3.66. The lowest BCUT2D eigenvalue weighted by Gasteiger charge is -2.16. The second-order valence-electron chi connectivity index (χ2n) is 7.23. The van der Waals surface area contributed by atoms with Crippen LogP contribution in [0.5, 0.6) is 5.88 Å². The van der Waals surface area contributed by atoms with E-state index in [9.17, 15) is 9.90 Å². The van der Waals surface area contributed by atoms with E-state index < -0.39 is 0 Å². The molecule has 0 radical (unpaired) electrons. The standard InChI is InChI=1S/C22H18ClN5O3S/c23-18-5-4-17(32-18)20(29)26-16-6-7-25-19-15(16)12-27(21(19)30)11-13-2-1-3-14(10-13)28-8-9-31-22(28)24/h1-7,10,12,24,30H,8-9,11H2,(H,26,29). The van der Waals surface area contributed by atoms with Gasteiger partial charge in [-0.15, -0.1) is 11.3 Å². The number of amidine groups is 1. The van der Waals surface area contributed by atoms with Gasteiger partial charge in [0.25, 0.3) is 11.9 Å². The van der Waals surface area contributed by atoms with Gasteiger partial charge in [-0.25, -0.2) is 0 Å². The van der Waals surface area contributed by atoms with Crippen LogP contribution in [0.2, 0.25) is 4.34 Å². The smallest absolute Gasteiger partial charge is 0.289 e. The summed E-state index contributed by atoms with van der Waals surface area (Å²) in [4.78, 5) is 19.1. The maximum absolute atomic E-state index is 12.6. The van der Waals surface area contributed by atoms with E-state index in [0.29, 0.717) is 45.5 Å². The van der Waals surface area contributed by atoms with Crippen molar-refractivity contribution >= 4 is 57.1 Å². The van der Waals surface area contributed by atoms with Gasteiger partial charge in [-0.1, -0.05) is 23.7 Å². The Morgan fingerprint density at radius 1 is 1.31 bits per heavy atom. The highest BCUT2D eigenvalue weighted by Gasteiger charge is 2.21. The molecular weight excluding hydrogens is 450 g/mol. The van der Waals surface area contributed by atoms with Crippen molar-refractivity contribution in [3.8, 4) is 5.88 Å². The number of anilines is 2. The molecule has 3 N–H and O–H groups in total. The normalized spacial score (nSPS) is 13.5. The molecule has 4 aromatic rings. The Morgan fingerprint density at radius 3 is 2.94 bits per heavy atom. The molecule has 1 saturated heterocycles. The van der Waals surface area contributed by atoms with Crippen LogP contribution >= 0.6 is 22.9 Å². The molecule has 32 heavy (non-hydrogen) atoms. The van der Waals surface area contributed by atoms with Gasteiger partial charge >= 0.3 is 0 Å². The number of nitrogens with zero attached hydrogens (tertiary/aromatic N) is 3. The average molecular weight is 468 g/mol. The highest BCUT2D eigenvalue weighted by Crippen LogP contribution is 2.32. The van der Waals surface area contributed by atoms with Gasteiger partial charge in [0.15, 0.2) is 0 Å². The summed E-state index contributed by atoms with van der Waals surface area (Å²) in [6, 6.07) is 12.9. The molecule has 0 atom stereocenters. The third-order valence-electron chi connectivity index (χ3n) is 5.18. The van der Waals surface area contributed by atoms with Crippen LogP contribution in [0.1, 0.15) is 15.2 Å². The number of aromatic hydroxyl groups is 1. The molecule has 5 rings (SSSR count). The first-order valence-corrected chi connectivity index (χ1v) is 11.0. The van der Waals surface area contributed by atoms with Crippen LogP contribution < -0.4 is 10.2 Å². The van der Waals surface area contributed by atoms with Crippen molar-refractivity contribution < 1.29 is 14.6 Å². The number of fused-ring (bicyclic) bond motifs is 1. The van der Waals surface area contributed by atoms with Gasteiger partial charge in [0.1, 0.15) is 12.1 Å². The van der Waals surface area contributed by atoms with Gasteiger partial charge in [0, 0.05) is 23.5 Å². The third-order valence-corrected chi connectivity index (χ3v) is 6.41. The van der Waals surface area contributed by atoms with E-state index >= 15 is 0 Å². The van der Waals surface area contributed by atoms with Gasteiger partial charge < -0.3 is 19.7 Å². The van der Waals surface area contributed by atoms with E-state index in [0.717, 1.165) is 11.3 Å². The number of carbonyl (C=O) groups is 1. The second kappa shape index (κ2) is 8.18. The summed E-state index contributed by atoms with van der Waals surface area (Å²) in [6.07, 6.45) is 3.31. The van der Waals surface area contributed by atoms with E-state index in [1.807, 2.05) is 24.3 Å². The van der Waals surface area contributed by atoms with Crippen LogP contribution in [0.4, 0.5) is 11.4 Å². The lowest BCUT2D eigenvalue weighted by Crippen LogP contribution is -2.24. The number of benzene rings is 1. The Balaban J connectivity index is 1.43. The van der Waals surface area contributed by atoms with E-state index in [1.165, 1.54) is 11.3 Å². The van der Waals surface area contributed by atoms with Crippen molar-refractivity contribution in [2.75, 3.05) is 23.4 Å². The van der Waals surface area contributed by atoms with Crippen LogP contribution in [0.15, 0.2) is 54.9 Å². The second-order valence-corrected chi connectivity index (χ2v) is 8.95. The number of ether oxygens (including phenoxy) is 1. The number of aromatic nitrogens is 2. The van der Waals surface area contributed by atoms with E-state index in [2.05, 4.69) is 10.3 Å². The topological polar surface area (TPSA) is 103 Å². The number of thiophene rings is 1. The lowest BCUT2D eigenvalue weighted by molar-refractivity contribution is 0.103. The molecule has 4 heterocycles. The molecule has 1 amide bonds. The number of pyridine rings is 1. The van der Waals surface area contributed by atoms with Crippen molar-refractivity contribution in [1.82, 2.24) is 9.55 Å². The van der Waals surface area contributed by atoms with Gasteiger partial charge in [-0.3, -0.25) is 20.1 Å². The van der Waals surface area contributed by atoms with Gasteiger partial charge in [-0.2, -0.15) is 0 Å². The predicted molar refractivity (Wildman–Crippen MR) is 125 cm³/mol. The molecule has 1 fully saturated rings. The van der Waals surface area contributed by atoms with Crippen molar-refractivity contribution in [2.45, 2.75) is 6.54 Å². The van der Waals surface area contributed by atoms with Gasteiger partial charge in [0.2, 0.25) is 5.88 Å². The highest BCUT2D eigenvalue weighted by molar-refractivity contribution is 7.18. The van der Waals surface area contributed by atoms with Crippen LogP contribution in [-0.4, -0.2) is 39.7 Å². The minimum atomic E-state index is -0.273. The Labute approximate surface area is 192 Å². The summed E-state index contributed by atoms with van der Waals surface area (Å²) in [5.74, 6) is -0.262. The van der Waals surface area contributed by atoms with Crippen LogP contribution in [0, 0.1) is 5.41 Å². The third kappa shape index (κ3) is 3.76. The Kier molecular flexibility index (Phi) is 5.20. The van der Waals surface area contributed by atoms with Crippen molar-refractivity contribution in [3.05, 3.63) is 69.6 Å². The summed E-state index contributed by atoms with van der Waals surface area (Å²) < 4.78 is 7.45. The highest BCUT2D eigenvalue weighted by atomic mass is 35.5. The maximum Gasteiger partial charge on any atom is 0.289 e. The molecule has 0 spiro atoms. The average Bonchev–Trinajstić information content (AvgIpc) is 3.49. The number of carbonyl (C=O) groups excluding carboxylic acids is 1. The molecular formula is C22H18ClN5O3S. The predicted octanol–water partition coefficient (Wildman–Crippen LogP) is 4.53. The number of hydrogen-bond acceptors (Lipinski definition) is 6. The summed E-state index contributed by atoms with van der Waals surface area (Å²) in [7, 11) is 0. The summed E-state index contributed by atoms with van der Waals surface area (Å²) in [5.41, 5.74) is 2.76. The van der Waals surface area contributed by atoms with Crippen LogP contribution in [0.3, 0.4) is 0 Å². The number of rotatable bonds is 5. The lowest BCUT2D eigenvalue weighted by atomic mass is 10.2. The Bertz CT molecular complexity index is 1350. The summed E-state index contributed by atoms with van der Waals surface area (Å²) >= 11 is 7.13. The van der Waals surface area contributed by atoms with E-state index in [1.54, 1.807) is 40.1 Å². The molecule has 1 aromatic carbocycles. The fourth-order valence-corrected chi connectivity index (χ4v) is 4.60. The minimum absolute atomic E-state index is 0.0120. The van der Waals surface area contributed by atoms with E-state index in [4.69, 9.17) is 21.7 Å². The molecule has 1 aliphatic rings. The molecule has 162 valence electrons. The van der Waals surface area contributed by atoms with Gasteiger partial charge in [-0.05, 0) is 35.9 Å². The zero-order valence-electron chi connectivity index (χ0n) is 16.7. The molecule has 0 saturated carbocycles. The monoisotopic (exact) mass is 467 g/mol. The quantitative estimate of drug-likeness (QED) is 0.400. The minimum Gasteiger partial charge on any atom is -0.493 e. The molecule has 3 aromatic heterocycles. The molecule has 10 heteroatoms. The fraction of sp³-hybridized carbons (Fsp3) is 0.136. The SMILES string of the molecule is N=C1OCCN1c1cccc(Cn2cc3c(NC(=O)c4ccc(Cl)s4)ccnc3c2O)c1. The summed E-state index contributed by atoms with van der Waals surface area (Å²) in [5, 5.41) is 22.2. The zero-order valence-corrected chi connectivity index (χ0v) is 18.3. The number of amides is 1. The molecule has 0 unspecified atom stereocenters. The molecule has 8 nitrogen and oxygen atoms in total. The Morgan fingerprint density at radius 2 is 2.19 bits per heavy atom. The molecule has 0 aliphatic carbocycles. The van der Waals surface area contributed by atoms with Crippen LogP contribution in [0.25, 0.3) is 10.9 Å². The largest absolute Gasteiger partial charge is 0.493 e. The maximum atomic E-state index is 12.6. The number of nitrogens with one attached hydrogen (secondary N) is 2. The van der Waals surface area contributed by atoms with Crippen molar-refractivity contribution in [1.29, 1.82) is 5.41 Å². The van der Waals surface area contributed by atoms with Crippen molar-refractivity contribution in [2.24, 2.45) is 0 Å². The van der Waals surface area contributed by atoms with E-state index in [-0.39, 0.29) is 17.8 Å². The molecule has 1 aliphatic heterocycles. The van der Waals surface area contributed by atoms with Crippen molar-refractivity contribution in [3.63, 3.8) is 0 Å².